The van der Waals surface area contributed by atoms with Crippen LogP contribution in [-0.2, 0) is 23.8 Å². The Morgan fingerprint density at radius 1 is 0.617 bits per heavy atom. The minimum absolute atomic E-state index is 0.0142. The molecule has 0 fully saturated rings. The molecule has 1 aromatic rings. The van der Waals surface area contributed by atoms with Gasteiger partial charge in [0, 0.05) is 75.1 Å². The molecule has 0 heterocycles. The van der Waals surface area contributed by atoms with Crippen molar-refractivity contribution in [3.63, 3.8) is 0 Å². The van der Waals surface area contributed by atoms with Gasteiger partial charge in [0.2, 0.25) is 5.78 Å². The third-order valence-electron chi connectivity index (χ3n) is 11.4. The first kappa shape index (κ1) is 50.6. The van der Waals surface area contributed by atoms with Crippen molar-refractivity contribution in [3.05, 3.63) is 58.2 Å². The molecule has 338 valence electrons. The van der Waals surface area contributed by atoms with Crippen LogP contribution in [0.2, 0.25) is 0 Å². The Hall–Kier alpha value is -3.76. The molecular weight excluding hydrogens is 757 g/mol. The number of phenols is 1. The van der Waals surface area contributed by atoms with E-state index >= 15 is 0 Å². The molecule has 2 atom stereocenters. The molecule has 2 aliphatic carbocycles. The molecule has 2 N–H and O–H groups in total. The highest BCUT2D eigenvalue weighted by Gasteiger charge is 2.43. The molecule has 0 bridgehead atoms. The number of aliphatic hydroxyl groups is 1. The predicted octanol–water partition coefficient (Wildman–Crippen LogP) is 11.3. The number of ketones is 2. The zero-order valence-electron chi connectivity index (χ0n) is 39.0. The van der Waals surface area contributed by atoms with Gasteiger partial charge in [-0.2, -0.15) is 0 Å². The van der Waals surface area contributed by atoms with Gasteiger partial charge in [-0.1, -0.05) is 92.9 Å². The standard InChI is InChI=1S/C50H80N2O8/c1-11-17-21-37(15-5)33-57-27-25-51(23-19-13-3)39-29-41(53)45(43(31-39)59-35(7)8)47-49(55)48(50(47)56)46-42(54)30-40(32-44(46)60-36(9)10)52(24-20-14-4)26-28-58-34-38(16-6)22-18-12-2/h29-32,35-38,53,55H,11-28,33-34H2,1-10H3. The first-order chi connectivity index (χ1) is 28.8. The Balaban J connectivity index is 1.98. The normalized spacial score (nSPS) is 16.6. The molecule has 2 unspecified atom stereocenters. The molecule has 2 aliphatic rings. The number of hydrogen-bond acceptors (Lipinski definition) is 10. The second-order valence-corrected chi connectivity index (χ2v) is 17.1. The molecule has 3 rings (SSSR count). The van der Waals surface area contributed by atoms with Gasteiger partial charge in [-0.25, -0.2) is 0 Å². The van der Waals surface area contributed by atoms with E-state index in [2.05, 4.69) is 51.3 Å². The number of Topliss-reactive ketones (excluding diaryl/α,β-unsaturated/α-hetero) is 1. The van der Waals surface area contributed by atoms with E-state index in [9.17, 15) is 19.8 Å². The summed E-state index contributed by atoms with van der Waals surface area (Å²) in [6.45, 7) is 25.8. The molecule has 0 radical (unpaired) electrons. The summed E-state index contributed by atoms with van der Waals surface area (Å²) < 4.78 is 24.8. The third-order valence-corrected chi connectivity index (χ3v) is 11.4. The zero-order valence-corrected chi connectivity index (χ0v) is 39.0. The van der Waals surface area contributed by atoms with Gasteiger partial charge < -0.3 is 39.0 Å². The number of ether oxygens (including phenoxy) is 4. The monoisotopic (exact) mass is 837 g/mol. The molecule has 10 heteroatoms. The van der Waals surface area contributed by atoms with Crippen LogP contribution in [0.3, 0.4) is 0 Å². The number of rotatable bonds is 31. The van der Waals surface area contributed by atoms with Crippen LogP contribution in [0.25, 0.3) is 5.57 Å². The molecule has 0 saturated carbocycles. The molecule has 0 amide bonds. The number of benzene rings is 1. The number of carbonyl (C=O) groups is 2. The van der Waals surface area contributed by atoms with Crippen molar-refractivity contribution in [1.29, 1.82) is 0 Å². The summed E-state index contributed by atoms with van der Waals surface area (Å²) in [5.74, 6) is 0.0478. The fourth-order valence-electron chi connectivity index (χ4n) is 7.67. The van der Waals surface area contributed by atoms with E-state index in [0.29, 0.717) is 50.4 Å². The van der Waals surface area contributed by atoms with Crippen molar-refractivity contribution < 1.29 is 38.7 Å². The first-order valence-corrected chi connectivity index (χ1v) is 23.4. The van der Waals surface area contributed by atoms with Crippen molar-refractivity contribution in [1.82, 2.24) is 4.90 Å². The third kappa shape index (κ3) is 14.7. The average molecular weight is 837 g/mol. The highest BCUT2D eigenvalue weighted by Crippen LogP contribution is 2.48. The van der Waals surface area contributed by atoms with Crippen LogP contribution >= 0.6 is 0 Å². The molecule has 60 heavy (non-hydrogen) atoms. The quantitative estimate of drug-likeness (QED) is 0.0553. The number of hydrogen-bond donors (Lipinski definition) is 2. The summed E-state index contributed by atoms with van der Waals surface area (Å²) in [5.41, 5.74) is 1.33. The minimum Gasteiger partial charge on any atom is -0.507 e. The lowest BCUT2D eigenvalue weighted by atomic mass is 9.78. The maximum Gasteiger partial charge on any atom is 0.202 e. The Kier molecular flexibility index (Phi) is 22.4. The van der Waals surface area contributed by atoms with E-state index in [1.165, 1.54) is 31.8 Å². The average Bonchev–Trinajstić information content (AvgIpc) is 3.21. The maximum atomic E-state index is 14.2. The largest absolute Gasteiger partial charge is 0.507 e. The highest BCUT2D eigenvalue weighted by molar-refractivity contribution is 6.42. The predicted molar refractivity (Wildman–Crippen MR) is 245 cm³/mol. The van der Waals surface area contributed by atoms with Crippen molar-refractivity contribution in [2.24, 2.45) is 11.8 Å². The van der Waals surface area contributed by atoms with Gasteiger partial charge in [-0.3, -0.25) is 9.59 Å². The molecule has 0 aliphatic heterocycles. The fourth-order valence-corrected chi connectivity index (χ4v) is 7.67. The Morgan fingerprint density at radius 2 is 1.15 bits per heavy atom. The van der Waals surface area contributed by atoms with Crippen molar-refractivity contribution in [2.75, 3.05) is 57.5 Å². The fraction of sp³-hybridized carbons (Fsp3) is 0.680. The Labute approximate surface area is 363 Å². The summed E-state index contributed by atoms with van der Waals surface area (Å²) in [4.78, 5) is 32.7. The van der Waals surface area contributed by atoms with Gasteiger partial charge >= 0.3 is 0 Å². The van der Waals surface area contributed by atoms with E-state index in [1.807, 2.05) is 33.8 Å². The van der Waals surface area contributed by atoms with Crippen LogP contribution in [0, 0.1) is 11.8 Å². The van der Waals surface area contributed by atoms with E-state index in [4.69, 9.17) is 18.9 Å². The van der Waals surface area contributed by atoms with Crippen molar-refractivity contribution in [2.45, 2.75) is 158 Å². The molecule has 0 saturated heterocycles. The summed E-state index contributed by atoms with van der Waals surface area (Å²) >= 11 is 0. The summed E-state index contributed by atoms with van der Waals surface area (Å²) in [6, 6.07) is 3.46. The van der Waals surface area contributed by atoms with Gasteiger partial charge in [-0.05, 0) is 65.2 Å². The highest BCUT2D eigenvalue weighted by atomic mass is 16.5. The van der Waals surface area contributed by atoms with Gasteiger partial charge in [0.15, 0.2) is 5.78 Å². The summed E-state index contributed by atoms with van der Waals surface area (Å²) in [5, 5.41) is 23.4. The number of aromatic hydroxyl groups is 1. The lowest BCUT2D eigenvalue weighted by Gasteiger charge is -2.32. The lowest BCUT2D eigenvalue weighted by Crippen LogP contribution is -2.32. The summed E-state index contributed by atoms with van der Waals surface area (Å²) in [7, 11) is 0. The molecule has 1 aromatic carbocycles. The summed E-state index contributed by atoms with van der Waals surface area (Å²) in [6.07, 6.45) is 15.8. The zero-order chi connectivity index (χ0) is 44.2. The van der Waals surface area contributed by atoms with E-state index in [-0.39, 0.29) is 57.5 Å². The number of carbonyl (C=O) groups excluding carboxylic acids is 2. The molecule has 10 nitrogen and oxygen atoms in total. The van der Waals surface area contributed by atoms with Crippen LogP contribution in [-0.4, -0.2) is 91.5 Å². The van der Waals surface area contributed by atoms with Gasteiger partial charge in [0.1, 0.15) is 23.0 Å². The van der Waals surface area contributed by atoms with E-state index in [1.54, 1.807) is 12.1 Å². The Morgan fingerprint density at radius 3 is 1.65 bits per heavy atom. The topological polar surface area (TPSA) is 118 Å². The number of aliphatic hydroxyl groups excluding tert-OH is 1. The van der Waals surface area contributed by atoms with Crippen LogP contribution in [0.1, 0.15) is 152 Å². The SMILES string of the molecule is CCCCC(CC)COCCN(CCCC)C1=CC(=O)C(=C2C(=O)C(c3c(O)cc(N(CCCC)CCOCC(CC)CCCC)cc3OC(C)C)=C2O)C(OC(C)C)=C1. The van der Waals surface area contributed by atoms with Crippen LogP contribution in [0.5, 0.6) is 11.5 Å². The van der Waals surface area contributed by atoms with Gasteiger partial charge in [-0.15, -0.1) is 0 Å². The molecule has 0 spiro atoms. The van der Waals surface area contributed by atoms with Crippen LogP contribution in [0.15, 0.2) is 52.6 Å². The van der Waals surface area contributed by atoms with Crippen LogP contribution in [0.4, 0.5) is 5.69 Å². The van der Waals surface area contributed by atoms with E-state index in [0.717, 1.165) is 76.8 Å². The number of anilines is 1. The first-order valence-electron chi connectivity index (χ1n) is 23.4. The lowest BCUT2D eigenvalue weighted by molar-refractivity contribution is -0.114. The van der Waals surface area contributed by atoms with Gasteiger partial charge in [0.05, 0.1) is 47.7 Å². The van der Waals surface area contributed by atoms with Crippen molar-refractivity contribution in [3.8, 4) is 11.5 Å². The Bertz CT molecular complexity index is 1640. The van der Waals surface area contributed by atoms with Crippen molar-refractivity contribution >= 4 is 22.8 Å². The van der Waals surface area contributed by atoms with E-state index < -0.39 is 11.6 Å². The second-order valence-electron chi connectivity index (χ2n) is 17.1. The smallest absolute Gasteiger partial charge is 0.202 e. The molecule has 0 aromatic heterocycles. The van der Waals surface area contributed by atoms with Crippen LogP contribution < -0.4 is 9.64 Å². The van der Waals surface area contributed by atoms with Gasteiger partial charge in [0.25, 0.3) is 0 Å². The number of allylic oxidation sites excluding steroid dienone is 5. The number of unbranched alkanes of at least 4 members (excludes halogenated alkanes) is 4. The number of nitrogens with zero attached hydrogens (tertiary/aromatic N) is 2. The molecular formula is C50H80N2O8. The number of phenolic OH excluding ortho intramolecular Hbond substituents is 1. The second kappa shape index (κ2) is 26.5. The minimum atomic E-state index is -0.558. The maximum absolute atomic E-state index is 14.2.